The van der Waals surface area contributed by atoms with Crippen LogP contribution < -0.4 is 15.5 Å². The number of hydrogen-bond acceptors (Lipinski definition) is 4. The molecule has 0 radical (unpaired) electrons. The molecule has 2 atom stereocenters. The highest BCUT2D eigenvalue weighted by atomic mass is 19.1. The van der Waals surface area contributed by atoms with Gasteiger partial charge in [0.05, 0.1) is 17.4 Å². The smallest absolute Gasteiger partial charge is 0.314 e. The lowest BCUT2D eigenvalue weighted by atomic mass is 9.85. The number of rotatable bonds is 3. The molecule has 2 aliphatic rings. The number of fused-ring (bicyclic) bond motifs is 1. The van der Waals surface area contributed by atoms with Gasteiger partial charge in [-0.2, -0.15) is 5.10 Å². The number of carbonyl (C=O) groups excluding carboxylic acids is 2. The maximum atomic E-state index is 15.2. The first kappa shape index (κ1) is 17.0. The van der Waals surface area contributed by atoms with Crippen molar-refractivity contribution in [3.63, 3.8) is 0 Å². The van der Waals surface area contributed by atoms with Gasteiger partial charge in [-0.25, -0.2) is 13.7 Å². The van der Waals surface area contributed by atoms with Crippen molar-refractivity contribution < 1.29 is 14.0 Å². The predicted octanol–water partition coefficient (Wildman–Crippen LogP) is 1.80. The van der Waals surface area contributed by atoms with E-state index in [0.29, 0.717) is 38.0 Å². The first-order valence-corrected chi connectivity index (χ1v) is 8.93. The summed E-state index contributed by atoms with van der Waals surface area (Å²) in [6.07, 6.45) is 4.96. The number of aromatic nitrogens is 2. The minimum atomic E-state index is -1.22. The Bertz CT molecular complexity index is 866. The van der Waals surface area contributed by atoms with Crippen LogP contribution in [0.4, 0.5) is 14.9 Å². The molecule has 4 heterocycles. The van der Waals surface area contributed by atoms with Gasteiger partial charge in [-0.3, -0.25) is 15.0 Å². The number of urea groups is 1. The average Bonchev–Trinajstić information content (AvgIpc) is 2.97. The van der Waals surface area contributed by atoms with E-state index in [2.05, 4.69) is 15.7 Å². The molecule has 0 bridgehead atoms. The van der Waals surface area contributed by atoms with Crippen molar-refractivity contribution in [2.45, 2.75) is 44.3 Å². The summed E-state index contributed by atoms with van der Waals surface area (Å²) >= 11 is 0. The second kappa shape index (κ2) is 6.35. The molecule has 8 heteroatoms. The van der Waals surface area contributed by atoms with E-state index >= 15 is 4.39 Å². The van der Waals surface area contributed by atoms with Crippen molar-refractivity contribution in [2.24, 2.45) is 0 Å². The summed E-state index contributed by atoms with van der Waals surface area (Å²) < 4.78 is 16.9. The van der Waals surface area contributed by atoms with Gasteiger partial charge >= 0.3 is 6.03 Å². The minimum Gasteiger partial charge on any atom is -0.314 e. The summed E-state index contributed by atoms with van der Waals surface area (Å²) in [6, 6.07) is 3.48. The maximum absolute atomic E-state index is 15.2. The molecule has 4 rings (SSSR count). The van der Waals surface area contributed by atoms with Crippen molar-refractivity contribution in [1.29, 1.82) is 0 Å². The van der Waals surface area contributed by atoms with Crippen LogP contribution in [0.15, 0.2) is 24.5 Å². The van der Waals surface area contributed by atoms with E-state index in [1.807, 2.05) is 19.1 Å². The first-order valence-electron chi connectivity index (χ1n) is 8.93. The van der Waals surface area contributed by atoms with Gasteiger partial charge in [0.25, 0.3) is 0 Å². The molecule has 26 heavy (non-hydrogen) atoms. The van der Waals surface area contributed by atoms with Crippen LogP contribution in [0.3, 0.4) is 0 Å². The lowest BCUT2D eigenvalue weighted by molar-refractivity contribution is -0.120. The third-order valence-corrected chi connectivity index (χ3v) is 5.17. The standard InChI is InChI=1S/C18H22FN5O2/c1-12-9-18(19,4-5-20-12)10-13-2-7-24-14(8-13)15(11-21-24)23-6-3-16(25)22-17(23)26/h2,7-8,11-12,20H,3-6,9-10H2,1H3,(H,22,25,26)/t12-,18?/m0/s1. The molecule has 0 aromatic carbocycles. The summed E-state index contributed by atoms with van der Waals surface area (Å²) in [5, 5.41) is 9.86. The van der Waals surface area contributed by atoms with E-state index in [1.54, 1.807) is 16.9 Å². The van der Waals surface area contributed by atoms with Crippen LogP contribution >= 0.6 is 0 Å². The number of anilines is 1. The number of imide groups is 1. The Morgan fingerprint density at radius 3 is 3.04 bits per heavy atom. The van der Waals surface area contributed by atoms with Gasteiger partial charge in [-0.15, -0.1) is 0 Å². The van der Waals surface area contributed by atoms with Crippen LogP contribution in [0.25, 0.3) is 5.52 Å². The zero-order valence-corrected chi connectivity index (χ0v) is 14.7. The van der Waals surface area contributed by atoms with Crippen LogP contribution in [0.2, 0.25) is 0 Å². The van der Waals surface area contributed by atoms with Crippen molar-refractivity contribution in [1.82, 2.24) is 20.2 Å². The van der Waals surface area contributed by atoms with Gasteiger partial charge in [0.15, 0.2) is 0 Å². The fraction of sp³-hybridized carbons (Fsp3) is 0.500. The van der Waals surface area contributed by atoms with Gasteiger partial charge < -0.3 is 5.32 Å². The number of pyridine rings is 1. The number of piperidine rings is 1. The maximum Gasteiger partial charge on any atom is 0.328 e. The summed E-state index contributed by atoms with van der Waals surface area (Å²) in [7, 11) is 0. The second-order valence-electron chi connectivity index (χ2n) is 7.29. The van der Waals surface area contributed by atoms with Crippen molar-refractivity contribution in [2.75, 3.05) is 18.0 Å². The SMILES string of the molecule is C[C@H]1CC(F)(Cc2ccn3ncc(N4CCC(=O)NC4=O)c3c2)CCN1. The molecular weight excluding hydrogens is 337 g/mol. The first-order chi connectivity index (χ1) is 12.4. The lowest BCUT2D eigenvalue weighted by Crippen LogP contribution is -2.49. The Morgan fingerprint density at radius 2 is 2.27 bits per heavy atom. The largest absolute Gasteiger partial charge is 0.328 e. The fourth-order valence-corrected chi connectivity index (χ4v) is 3.92. The van der Waals surface area contributed by atoms with Crippen molar-refractivity contribution in [3.05, 3.63) is 30.1 Å². The summed E-state index contributed by atoms with van der Waals surface area (Å²) in [4.78, 5) is 25.0. The Balaban J connectivity index is 1.62. The van der Waals surface area contributed by atoms with Crippen LogP contribution in [-0.4, -0.2) is 46.4 Å². The molecule has 2 fully saturated rings. The van der Waals surface area contributed by atoms with E-state index in [1.165, 1.54) is 4.90 Å². The third kappa shape index (κ3) is 3.16. The molecule has 0 saturated carbocycles. The molecule has 2 aromatic heterocycles. The molecule has 138 valence electrons. The Morgan fingerprint density at radius 1 is 1.42 bits per heavy atom. The topological polar surface area (TPSA) is 78.7 Å². The van der Waals surface area contributed by atoms with Gasteiger partial charge in [-0.1, -0.05) is 0 Å². The Labute approximate surface area is 150 Å². The van der Waals surface area contributed by atoms with Crippen LogP contribution in [0.1, 0.15) is 31.7 Å². The number of hydrogen-bond donors (Lipinski definition) is 2. The van der Waals surface area contributed by atoms with E-state index in [4.69, 9.17) is 0 Å². The highest BCUT2D eigenvalue weighted by Gasteiger charge is 2.35. The summed E-state index contributed by atoms with van der Waals surface area (Å²) in [6.45, 7) is 2.99. The van der Waals surface area contributed by atoms with Gasteiger partial charge in [0.2, 0.25) is 5.91 Å². The fourth-order valence-electron chi connectivity index (χ4n) is 3.92. The number of carbonyl (C=O) groups is 2. The monoisotopic (exact) mass is 359 g/mol. The predicted molar refractivity (Wildman–Crippen MR) is 94.9 cm³/mol. The highest BCUT2D eigenvalue weighted by Crippen LogP contribution is 2.31. The van der Waals surface area contributed by atoms with E-state index in [9.17, 15) is 9.59 Å². The van der Waals surface area contributed by atoms with Crippen LogP contribution in [0, 0.1) is 0 Å². The highest BCUT2D eigenvalue weighted by molar-refractivity contribution is 6.07. The number of amides is 3. The minimum absolute atomic E-state index is 0.164. The number of halogens is 1. The van der Waals surface area contributed by atoms with Crippen LogP contribution in [-0.2, 0) is 11.2 Å². The summed E-state index contributed by atoms with van der Waals surface area (Å²) in [5.74, 6) is -0.275. The van der Waals surface area contributed by atoms with E-state index < -0.39 is 11.7 Å². The molecule has 2 N–H and O–H groups in total. The van der Waals surface area contributed by atoms with Gasteiger partial charge in [0, 0.05) is 31.6 Å². The van der Waals surface area contributed by atoms with Gasteiger partial charge in [-0.05, 0) is 44.0 Å². The molecule has 0 aliphatic carbocycles. The molecule has 0 spiro atoms. The van der Waals surface area contributed by atoms with Crippen LogP contribution in [0.5, 0.6) is 0 Å². The second-order valence-corrected chi connectivity index (χ2v) is 7.29. The van der Waals surface area contributed by atoms with Crippen molar-refractivity contribution >= 4 is 23.1 Å². The quantitative estimate of drug-likeness (QED) is 0.876. The number of nitrogens with zero attached hydrogens (tertiary/aromatic N) is 3. The molecule has 2 aliphatic heterocycles. The zero-order chi connectivity index (χ0) is 18.3. The molecule has 2 aromatic rings. The normalized spacial score (nSPS) is 27.0. The molecular formula is C18H22FN5O2. The van der Waals surface area contributed by atoms with Crippen molar-refractivity contribution in [3.8, 4) is 0 Å². The lowest BCUT2D eigenvalue weighted by Gasteiger charge is -2.34. The van der Waals surface area contributed by atoms with E-state index in [0.717, 1.165) is 11.1 Å². The number of alkyl halides is 1. The summed E-state index contributed by atoms with van der Waals surface area (Å²) in [5.41, 5.74) is 1.02. The van der Waals surface area contributed by atoms with E-state index in [-0.39, 0.29) is 18.4 Å². The molecule has 2 saturated heterocycles. The van der Waals surface area contributed by atoms with Gasteiger partial charge in [0.1, 0.15) is 5.67 Å². The Kier molecular flexibility index (Phi) is 4.14. The molecule has 3 amide bonds. The molecule has 1 unspecified atom stereocenters. The number of nitrogens with one attached hydrogen (secondary N) is 2. The zero-order valence-electron chi connectivity index (χ0n) is 14.7. The third-order valence-electron chi connectivity index (χ3n) is 5.17. The Hall–Kier alpha value is -2.48. The molecule has 7 nitrogen and oxygen atoms in total. The average molecular weight is 359 g/mol.